The number of hydrogen-bond acceptors (Lipinski definition) is 5. The van der Waals surface area contributed by atoms with E-state index in [-0.39, 0.29) is 29.7 Å². The number of benzene rings is 3. The van der Waals surface area contributed by atoms with Crippen molar-refractivity contribution in [1.82, 2.24) is 14.9 Å². The summed E-state index contributed by atoms with van der Waals surface area (Å²) in [5, 5.41) is 3.56. The molecule has 10 heteroatoms. The molecule has 3 aromatic carbocycles. The molecule has 8 nitrogen and oxygen atoms in total. The maximum Gasteiger partial charge on any atom is 0.243 e. The van der Waals surface area contributed by atoms with Crippen molar-refractivity contribution in [2.75, 3.05) is 26.8 Å². The summed E-state index contributed by atoms with van der Waals surface area (Å²) in [7, 11) is -1.95. The van der Waals surface area contributed by atoms with Crippen molar-refractivity contribution in [3.05, 3.63) is 101 Å². The third-order valence-corrected chi connectivity index (χ3v) is 8.37. The van der Waals surface area contributed by atoms with Crippen molar-refractivity contribution in [1.29, 1.82) is 0 Å². The number of aryl methyl sites for hydroxylation is 1. The van der Waals surface area contributed by atoms with E-state index in [0.29, 0.717) is 44.0 Å². The predicted molar refractivity (Wildman–Crippen MR) is 161 cm³/mol. The summed E-state index contributed by atoms with van der Waals surface area (Å²) in [6, 6.07) is 22.6. The van der Waals surface area contributed by atoms with Crippen LogP contribution in [0.2, 0.25) is 5.02 Å². The van der Waals surface area contributed by atoms with Gasteiger partial charge in [-0.2, -0.15) is 0 Å². The minimum atomic E-state index is -3.56. The molecule has 0 aliphatic carbocycles. The Morgan fingerprint density at radius 3 is 2.22 bits per heavy atom. The Kier molecular flexibility index (Phi) is 12.8. The summed E-state index contributed by atoms with van der Waals surface area (Å²) in [6.07, 6.45) is 1.55. The summed E-state index contributed by atoms with van der Waals surface area (Å²) in [5.74, 6) is -0.414. The largest absolute Gasteiger partial charge is 0.385 e. The van der Waals surface area contributed by atoms with Crippen LogP contribution in [0, 0.1) is 0 Å². The zero-order chi connectivity index (χ0) is 29.7. The molecule has 2 N–H and O–H groups in total. The van der Waals surface area contributed by atoms with Crippen LogP contribution in [-0.2, 0) is 43.7 Å². The van der Waals surface area contributed by atoms with Crippen LogP contribution in [0.25, 0.3) is 0 Å². The average molecular weight is 600 g/mol. The van der Waals surface area contributed by atoms with Crippen LogP contribution < -0.4 is 10.0 Å². The molecule has 0 saturated heterocycles. The second-order valence-corrected chi connectivity index (χ2v) is 11.8. The molecular formula is C31H38ClN3O5S. The molecule has 1 atom stereocenters. The van der Waals surface area contributed by atoms with Gasteiger partial charge in [0, 0.05) is 51.2 Å². The quantitative estimate of drug-likeness (QED) is 0.238. The van der Waals surface area contributed by atoms with E-state index >= 15 is 0 Å². The lowest BCUT2D eigenvalue weighted by molar-refractivity contribution is -0.141. The van der Waals surface area contributed by atoms with E-state index in [2.05, 4.69) is 10.0 Å². The fourth-order valence-electron chi connectivity index (χ4n) is 4.39. The number of amides is 2. The molecule has 0 aromatic heterocycles. The third kappa shape index (κ3) is 10.3. The number of halogens is 1. The van der Waals surface area contributed by atoms with Gasteiger partial charge in [0.25, 0.3) is 0 Å². The van der Waals surface area contributed by atoms with Gasteiger partial charge in [-0.15, -0.1) is 0 Å². The molecule has 0 saturated carbocycles. The van der Waals surface area contributed by atoms with Crippen molar-refractivity contribution in [3.63, 3.8) is 0 Å². The Morgan fingerprint density at radius 1 is 0.927 bits per heavy atom. The number of methoxy groups -OCH3 is 1. The van der Waals surface area contributed by atoms with Crippen LogP contribution in [0.1, 0.15) is 36.5 Å². The fourth-order valence-corrected chi connectivity index (χ4v) is 5.56. The Bertz CT molecular complexity index is 1350. The molecule has 220 valence electrons. The topological polar surface area (TPSA) is 105 Å². The van der Waals surface area contributed by atoms with Gasteiger partial charge in [-0.1, -0.05) is 73.1 Å². The molecule has 0 radical (unpaired) electrons. The molecule has 3 aromatic rings. The molecule has 0 bridgehead atoms. The van der Waals surface area contributed by atoms with Crippen LogP contribution in [0.15, 0.2) is 83.8 Å². The second kappa shape index (κ2) is 16.3. The lowest BCUT2D eigenvalue weighted by atomic mass is 10.0. The highest BCUT2D eigenvalue weighted by atomic mass is 35.5. The van der Waals surface area contributed by atoms with E-state index in [9.17, 15) is 18.0 Å². The first-order chi connectivity index (χ1) is 19.7. The molecule has 0 spiro atoms. The van der Waals surface area contributed by atoms with Crippen LogP contribution in [0.5, 0.6) is 0 Å². The molecule has 0 fully saturated rings. The number of hydrogen-bond donors (Lipinski definition) is 2. The van der Waals surface area contributed by atoms with Crippen molar-refractivity contribution in [3.8, 4) is 0 Å². The van der Waals surface area contributed by atoms with Gasteiger partial charge in [0.15, 0.2) is 0 Å². The van der Waals surface area contributed by atoms with Crippen LogP contribution in [-0.4, -0.2) is 58.0 Å². The van der Waals surface area contributed by atoms with Crippen molar-refractivity contribution < 1.29 is 22.7 Å². The highest BCUT2D eigenvalue weighted by Crippen LogP contribution is 2.19. The third-order valence-electron chi connectivity index (χ3n) is 6.56. The maximum absolute atomic E-state index is 13.8. The van der Waals surface area contributed by atoms with E-state index in [1.54, 1.807) is 43.2 Å². The van der Waals surface area contributed by atoms with Gasteiger partial charge in [-0.3, -0.25) is 9.59 Å². The minimum absolute atomic E-state index is 0.148. The first-order valence-electron chi connectivity index (χ1n) is 13.7. The van der Waals surface area contributed by atoms with Gasteiger partial charge < -0.3 is 15.0 Å². The van der Waals surface area contributed by atoms with Crippen molar-refractivity contribution in [2.45, 2.75) is 50.1 Å². The number of carbonyl (C=O) groups is 2. The van der Waals surface area contributed by atoms with Gasteiger partial charge in [-0.25, -0.2) is 13.1 Å². The van der Waals surface area contributed by atoms with Gasteiger partial charge in [0.1, 0.15) is 6.04 Å². The summed E-state index contributed by atoms with van der Waals surface area (Å²) < 4.78 is 32.1. The van der Waals surface area contributed by atoms with E-state index in [4.69, 9.17) is 16.3 Å². The van der Waals surface area contributed by atoms with Gasteiger partial charge in [0.2, 0.25) is 21.8 Å². The predicted octanol–water partition coefficient (Wildman–Crippen LogP) is 4.36. The van der Waals surface area contributed by atoms with Crippen LogP contribution in [0.3, 0.4) is 0 Å². The van der Waals surface area contributed by atoms with Crippen molar-refractivity contribution in [2.24, 2.45) is 0 Å². The normalized spacial score (nSPS) is 12.1. The smallest absolute Gasteiger partial charge is 0.243 e. The fraction of sp³-hybridized carbons (Fsp3) is 0.355. The van der Waals surface area contributed by atoms with E-state index in [0.717, 1.165) is 16.7 Å². The lowest BCUT2D eigenvalue weighted by Crippen LogP contribution is -2.50. The zero-order valence-corrected chi connectivity index (χ0v) is 25.1. The molecule has 0 aliphatic heterocycles. The highest BCUT2D eigenvalue weighted by molar-refractivity contribution is 7.89. The molecular weight excluding hydrogens is 562 g/mol. The molecule has 0 aliphatic rings. The summed E-state index contributed by atoms with van der Waals surface area (Å²) in [5.41, 5.74) is 2.62. The first kappa shape index (κ1) is 32.3. The van der Waals surface area contributed by atoms with E-state index in [1.807, 2.05) is 42.5 Å². The number of nitrogens with one attached hydrogen (secondary N) is 2. The molecule has 0 unspecified atom stereocenters. The number of carbonyl (C=O) groups excluding carboxylic acids is 2. The summed E-state index contributed by atoms with van der Waals surface area (Å²) in [6.45, 7) is 3.21. The number of rotatable bonds is 16. The summed E-state index contributed by atoms with van der Waals surface area (Å²) >= 11 is 6.09. The number of nitrogens with zero attached hydrogens (tertiary/aromatic N) is 1. The van der Waals surface area contributed by atoms with Crippen LogP contribution in [0.4, 0.5) is 0 Å². The zero-order valence-electron chi connectivity index (χ0n) is 23.5. The Morgan fingerprint density at radius 2 is 1.59 bits per heavy atom. The van der Waals surface area contributed by atoms with Gasteiger partial charge >= 0.3 is 0 Å². The SMILES string of the molecule is CCNS(=O)(=O)c1ccc(CCC(=O)N(Cc2ccc(Cl)cc2)[C@@H](Cc2ccccc2)C(=O)NCCCOC)cc1. The number of ether oxygens (including phenoxy) is 1. The Hall–Kier alpha value is -3.24. The molecule has 41 heavy (non-hydrogen) atoms. The monoisotopic (exact) mass is 599 g/mol. The first-order valence-corrected chi connectivity index (χ1v) is 15.5. The van der Waals surface area contributed by atoms with Gasteiger partial charge in [-0.05, 0) is 53.8 Å². The second-order valence-electron chi connectivity index (χ2n) is 9.64. The maximum atomic E-state index is 13.8. The molecule has 3 rings (SSSR count). The molecule has 0 heterocycles. The van der Waals surface area contributed by atoms with Crippen LogP contribution >= 0.6 is 11.6 Å². The number of sulfonamides is 1. The van der Waals surface area contributed by atoms with Gasteiger partial charge in [0.05, 0.1) is 4.90 Å². The Labute approximate surface area is 248 Å². The van der Waals surface area contributed by atoms with E-state index < -0.39 is 16.1 Å². The lowest BCUT2D eigenvalue weighted by Gasteiger charge is -2.31. The standard InChI is InChI=1S/C31H38ClN3O5S/c1-3-34-41(38,39)28-17-12-24(13-18-28)14-19-30(36)35(23-26-10-15-27(32)16-11-26)29(22-25-8-5-4-6-9-25)31(37)33-20-7-21-40-2/h4-6,8-13,15-18,29,34H,3,7,14,19-23H2,1-2H3,(H,33,37)/t29-/m0/s1. The summed E-state index contributed by atoms with van der Waals surface area (Å²) in [4.78, 5) is 29.1. The minimum Gasteiger partial charge on any atom is -0.385 e. The van der Waals surface area contributed by atoms with E-state index in [1.165, 1.54) is 12.1 Å². The van der Waals surface area contributed by atoms with Crippen molar-refractivity contribution >= 4 is 33.4 Å². The molecule has 2 amide bonds. The Balaban J connectivity index is 1.84. The highest BCUT2D eigenvalue weighted by Gasteiger charge is 2.30. The average Bonchev–Trinajstić information content (AvgIpc) is 2.97.